The molecule has 1 heterocycles. The molecule has 1 aliphatic rings. The monoisotopic (exact) mass is 336 g/mol. The van der Waals surface area contributed by atoms with Crippen molar-refractivity contribution in [2.24, 2.45) is 0 Å². The Bertz CT molecular complexity index is 792. The first-order chi connectivity index (χ1) is 10.6. The van der Waals surface area contributed by atoms with E-state index in [2.05, 4.69) is 0 Å². The molecular formula is C16H17ClN2O2S. The molecule has 22 heavy (non-hydrogen) atoms. The molecule has 1 aliphatic heterocycles. The first-order valence-corrected chi connectivity index (χ1v) is 9.05. The van der Waals surface area contributed by atoms with Crippen molar-refractivity contribution in [2.45, 2.75) is 11.3 Å². The highest BCUT2D eigenvalue weighted by Crippen LogP contribution is 2.42. The Morgan fingerprint density at radius 3 is 2.23 bits per heavy atom. The fraction of sp³-hybridized carbons (Fsp3) is 0.250. The van der Waals surface area contributed by atoms with Gasteiger partial charge in [0.1, 0.15) is 4.90 Å². The van der Waals surface area contributed by atoms with Crippen LogP contribution >= 0.6 is 11.6 Å². The molecule has 0 N–H and O–H groups in total. The highest BCUT2D eigenvalue weighted by Gasteiger charge is 2.32. The summed E-state index contributed by atoms with van der Waals surface area (Å²) in [5, 5.41) is 0. The molecule has 0 unspecified atom stereocenters. The topological polar surface area (TPSA) is 40.6 Å². The molecule has 2 aromatic carbocycles. The van der Waals surface area contributed by atoms with E-state index in [-0.39, 0.29) is 0 Å². The summed E-state index contributed by atoms with van der Waals surface area (Å²) >= 11 is 5.85. The minimum atomic E-state index is -3.57. The van der Waals surface area contributed by atoms with Crippen molar-refractivity contribution in [1.82, 2.24) is 0 Å². The third kappa shape index (κ3) is 2.34. The lowest BCUT2D eigenvalue weighted by Gasteiger charge is -2.25. The van der Waals surface area contributed by atoms with Gasteiger partial charge in [0.05, 0.1) is 17.1 Å². The second-order valence-electron chi connectivity index (χ2n) is 5.12. The number of alkyl halides is 1. The molecule has 2 aromatic rings. The predicted molar refractivity (Wildman–Crippen MR) is 90.8 cm³/mol. The van der Waals surface area contributed by atoms with Crippen LogP contribution in [-0.4, -0.2) is 27.9 Å². The molecule has 4 nitrogen and oxygen atoms in total. The Morgan fingerprint density at radius 2 is 1.55 bits per heavy atom. The quantitative estimate of drug-likeness (QED) is 0.804. The zero-order valence-corrected chi connectivity index (χ0v) is 13.8. The molecule has 0 saturated carbocycles. The Morgan fingerprint density at radius 1 is 0.955 bits per heavy atom. The Balaban J connectivity index is 2.30. The lowest BCUT2D eigenvalue weighted by molar-refractivity contribution is 0.595. The number of anilines is 3. The number of halogens is 1. The number of hydrogen-bond donors (Lipinski definition) is 0. The van der Waals surface area contributed by atoms with E-state index in [1.165, 1.54) is 4.31 Å². The lowest BCUT2D eigenvalue weighted by atomic mass is 10.2. The standard InChI is InChI=1S/C16H17ClN2O2S/c1-18-13-7-2-3-8-14(13)19(12-6-11-17)15-9-4-5-10-16(15)22(18,20)21/h2-5,7-10H,6,11-12H2,1H3. The second kappa shape index (κ2) is 5.82. The van der Waals surface area contributed by atoms with Gasteiger partial charge in [-0.05, 0) is 30.7 Å². The maximum atomic E-state index is 12.9. The van der Waals surface area contributed by atoms with Gasteiger partial charge in [0.15, 0.2) is 0 Å². The summed E-state index contributed by atoms with van der Waals surface area (Å²) in [5.41, 5.74) is 2.25. The van der Waals surface area contributed by atoms with Crippen molar-refractivity contribution in [3.05, 3.63) is 48.5 Å². The van der Waals surface area contributed by atoms with E-state index >= 15 is 0 Å². The minimum absolute atomic E-state index is 0.322. The van der Waals surface area contributed by atoms with E-state index in [0.717, 1.165) is 12.1 Å². The highest BCUT2D eigenvalue weighted by atomic mass is 35.5. The van der Waals surface area contributed by atoms with Crippen molar-refractivity contribution < 1.29 is 8.42 Å². The van der Waals surface area contributed by atoms with Gasteiger partial charge in [-0.3, -0.25) is 4.31 Å². The van der Waals surface area contributed by atoms with Gasteiger partial charge in [-0.25, -0.2) is 8.42 Å². The maximum Gasteiger partial charge on any atom is 0.266 e. The molecule has 0 bridgehead atoms. The molecule has 0 fully saturated rings. The van der Waals surface area contributed by atoms with E-state index < -0.39 is 10.0 Å². The van der Waals surface area contributed by atoms with E-state index in [1.54, 1.807) is 19.2 Å². The summed E-state index contributed by atoms with van der Waals surface area (Å²) in [7, 11) is -1.98. The lowest BCUT2D eigenvalue weighted by Crippen LogP contribution is -2.25. The molecular weight excluding hydrogens is 320 g/mol. The SMILES string of the molecule is CN1c2ccccc2N(CCCCl)c2ccccc2S1(=O)=O. The molecule has 0 atom stereocenters. The zero-order chi connectivity index (χ0) is 15.7. The van der Waals surface area contributed by atoms with Crippen LogP contribution in [0, 0.1) is 0 Å². The number of sulfonamides is 1. The number of hydrogen-bond acceptors (Lipinski definition) is 3. The van der Waals surface area contributed by atoms with Crippen molar-refractivity contribution in [3.8, 4) is 0 Å². The second-order valence-corrected chi connectivity index (χ2v) is 7.44. The molecule has 0 amide bonds. The van der Waals surface area contributed by atoms with Crippen LogP contribution in [0.4, 0.5) is 17.1 Å². The molecule has 0 aromatic heterocycles. The molecule has 0 radical (unpaired) electrons. The Kier molecular flexibility index (Phi) is 4.02. The van der Waals surface area contributed by atoms with Crippen LogP contribution in [0.25, 0.3) is 0 Å². The van der Waals surface area contributed by atoms with Crippen LogP contribution in [-0.2, 0) is 10.0 Å². The van der Waals surface area contributed by atoms with Crippen LogP contribution in [0.5, 0.6) is 0 Å². The first-order valence-electron chi connectivity index (χ1n) is 7.08. The average molecular weight is 337 g/mol. The number of benzene rings is 2. The molecule has 3 rings (SSSR count). The first kappa shape index (κ1) is 15.2. The van der Waals surface area contributed by atoms with Crippen molar-refractivity contribution in [3.63, 3.8) is 0 Å². The van der Waals surface area contributed by atoms with Crippen LogP contribution < -0.4 is 9.21 Å². The van der Waals surface area contributed by atoms with Crippen LogP contribution in [0.2, 0.25) is 0 Å². The summed E-state index contributed by atoms with van der Waals surface area (Å²) in [6.45, 7) is 0.668. The molecule has 0 spiro atoms. The van der Waals surface area contributed by atoms with E-state index in [4.69, 9.17) is 11.6 Å². The summed E-state index contributed by atoms with van der Waals surface area (Å²) in [6, 6.07) is 14.6. The average Bonchev–Trinajstić information content (AvgIpc) is 2.61. The predicted octanol–water partition coefficient (Wildman–Crippen LogP) is 3.59. The fourth-order valence-corrected chi connectivity index (χ4v) is 4.24. The van der Waals surface area contributed by atoms with E-state index in [9.17, 15) is 8.42 Å². The van der Waals surface area contributed by atoms with Gasteiger partial charge >= 0.3 is 0 Å². The number of rotatable bonds is 3. The molecule has 0 aliphatic carbocycles. The van der Waals surface area contributed by atoms with Gasteiger partial charge in [0.25, 0.3) is 10.0 Å². The van der Waals surface area contributed by atoms with Gasteiger partial charge < -0.3 is 4.90 Å². The third-order valence-electron chi connectivity index (χ3n) is 3.82. The maximum absolute atomic E-state index is 12.9. The number of para-hydroxylation sites is 3. The van der Waals surface area contributed by atoms with Crippen molar-refractivity contribution in [2.75, 3.05) is 28.7 Å². The van der Waals surface area contributed by atoms with Gasteiger partial charge in [-0.2, -0.15) is 0 Å². The van der Waals surface area contributed by atoms with Gasteiger partial charge in [-0.1, -0.05) is 24.3 Å². The Hall–Kier alpha value is -1.72. The van der Waals surface area contributed by atoms with Gasteiger partial charge in [0.2, 0.25) is 0 Å². The fourth-order valence-electron chi connectivity index (χ4n) is 2.72. The third-order valence-corrected chi connectivity index (χ3v) is 5.91. The van der Waals surface area contributed by atoms with E-state index in [0.29, 0.717) is 28.7 Å². The van der Waals surface area contributed by atoms with Crippen molar-refractivity contribution in [1.29, 1.82) is 0 Å². The van der Waals surface area contributed by atoms with Crippen molar-refractivity contribution >= 4 is 38.7 Å². The summed E-state index contributed by atoms with van der Waals surface area (Å²) < 4.78 is 27.1. The summed E-state index contributed by atoms with van der Waals surface area (Å²) in [5.74, 6) is 0.531. The smallest absolute Gasteiger partial charge is 0.266 e. The zero-order valence-electron chi connectivity index (χ0n) is 12.2. The Labute approximate surface area is 136 Å². The summed E-state index contributed by atoms with van der Waals surface area (Å²) in [4.78, 5) is 2.36. The van der Waals surface area contributed by atoms with Gasteiger partial charge in [-0.15, -0.1) is 11.6 Å². The van der Waals surface area contributed by atoms with Crippen LogP contribution in [0.1, 0.15) is 6.42 Å². The van der Waals surface area contributed by atoms with Crippen LogP contribution in [0.15, 0.2) is 53.4 Å². The highest BCUT2D eigenvalue weighted by molar-refractivity contribution is 7.93. The van der Waals surface area contributed by atoms with Crippen LogP contribution in [0.3, 0.4) is 0 Å². The molecule has 0 saturated heterocycles. The number of fused-ring (bicyclic) bond motifs is 2. The largest absolute Gasteiger partial charge is 0.339 e. The van der Waals surface area contributed by atoms with E-state index in [1.807, 2.05) is 41.3 Å². The normalized spacial score (nSPS) is 15.9. The molecule has 116 valence electrons. The summed E-state index contributed by atoms with van der Waals surface area (Å²) in [6.07, 6.45) is 0.772. The number of nitrogens with zero attached hydrogens (tertiary/aromatic N) is 2. The molecule has 6 heteroatoms. The van der Waals surface area contributed by atoms with Gasteiger partial charge in [0, 0.05) is 19.5 Å². The minimum Gasteiger partial charge on any atom is -0.339 e.